The Kier molecular flexibility index (Phi) is 5.35. The molecular formula is C19H21N5O3. The molecule has 1 fully saturated rings. The molecule has 3 rings (SSSR count). The number of carbonyl (C=O) groups excluding carboxylic acids is 3. The number of nitrogens with one attached hydrogen (secondary N) is 2. The molecule has 1 aromatic carbocycles. The zero-order valence-corrected chi connectivity index (χ0v) is 15.0. The molecule has 1 aliphatic rings. The Hall–Kier alpha value is -3.42. The van der Waals surface area contributed by atoms with Crippen molar-refractivity contribution in [1.29, 1.82) is 0 Å². The number of hydrogen-bond donors (Lipinski definition) is 3. The number of para-hydroxylation sites is 2. The molecule has 2 aromatic rings. The van der Waals surface area contributed by atoms with Crippen molar-refractivity contribution in [2.75, 3.05) is 23.7 Å². The lowest BCUT2D eigenvalue weighted by Crippen LogP contribution is -2.32. The number of aryl methyl sites for hydroxylation is 1. The maximum Gasteiger partial charge on any atom is 0.321 e. The number of benzene rings is 1. The molecule has 0 aliphatic carbocycles. The molecule has 8 nitrogen and oxygen atoms in total. The van der Waals surface area contributed by atoms with E-state index in [9.17, 15) is 14.4 Å². The van der Waals surface area contributed by atoms with Crippen LogP contribution in [0.2, 0.25) is 0 Å². The van der Waals surface area contributed by atoms with Crippen LogP contribution in [0.15, 0.2) is 36.5 Å². The highest BCUT2D eigenvalue weighted by atomic mass is 16.2. The maximum atomic E-state index is 12.5. The van der Waals surface area contributed by atoms with E-state index in [1.54, 1.807) is 36.1 Å². The fourth-order valence-corrected chi connectivity index (χ4v) is 2.94. The molecule has 0 saturated carbocycles. The lowest BCUT2D eigenvalue weighted by atomic mass is 10.1. The number of carbonyl (C=O) groups is 3. The van der Waals surface area contributed by atoms with Gasteiger partial charge in [0.1, 0.15) is 5.69 Å². The predicted molar refractivity (Wildman–Crippen MR) is 102 cm³/mol. The highest BCUT2D eigenvalue weighted by Gasteiger charge is 2.19. The van der Waals surface area contributed by atoms with Crippen LogP contribution in [0, 0.1) is 6.92 Å². The van der Waals surface area contributed by atoms with E-state index in [0.29, 0.717) is 16.9 Å². The Balaban J connectivity index is 1.75. The number of likely N-dealkylation sites (tertiary alicyclic amines) is 1. The van der Waals surface area contributed by atoms with Gasteiger partial charge in [-0.25, -0.2) is 4.79 Å². The van der Waals surface area contributed by atoms with Crippen molar-refractivity contribution < 1.29 is 14.4 Å². The second-order valence-electron chi connectivity index (χ2n) is 6.37. The Labute approximate surface area is 156 Å². The van der Waals surface area contributed by atoms with Gasteiger partial charge in [-0.05, 0) is 43.5 Å². The minimum absolute atomic E-state index is 0.151. The lowest BCUT2D eigenvalue weighted by molar-refractivity contribution is 0.0992. The van der Waals surface area contributed by atoms with Crippen LogP contribution in [0.3, 0.4) is 0 Å². The smallest absolute Gasteiger partial charge is 0.321 e. The van der Waals surface area contributed by atoms with Gasteiger partial charge in [-0.2, -0.15) is 0 Å². The number of hydrogen-bond acceptors (Lipinski definition) is 4. The summed E-state index contributed by atoms with van der Waals surface area (Å²) in [5.74, 6) is -1.04. The van der Waals surface area contributed by atoms with E-state index in [1.807, 2.05) is 0 Å². The van der Waals surface area contributed by atoms with Gasteiger partial charge in [0.05, 0.1) is 16.9 Å². The summed E-state index contributed by atoms with van der Waals surface area (Å²) in [5, 5.41) is 5.58. The lowest BCUT2D eigenvalue weighted by Gasteiger charge is -2.18. The molecule has 0 spiro atoms. The first-order valence-corrected chi connectivity index (χ1v) is 8.68. The van der Waals surface area contributed by atoms with Crippen molar-refractivity contribution in [3.63, 3.8) is 0 Å². The first-order chi connectivity index (χ1) is 13.0. The van der Waals surface area contributed by atoms with Crippen LogP contribution in [-0.4, -0.2) is 40.8 Å². The molecule has 4 N–H and O–H groups in total. The van der Waals surface area contributed by atoms with Gasteiger partial charge in [-0.3, -0.25) is 14.6 Å². The molecule has 0 atom stereocenters. The van der Waals surface area contributed by atoms with Gasteiger partial charge in [-0.1, -0.05) is 12.1 Å². The van der Waals surface area contributed by atoms with Crippen LogP contribution >= 0.6 is 0 Å². The maximum absolute atomic E-state index is 12.5. The molecule has 8 heteroatoms. The number of anilines is 2. The number of aromatic nitrogens is 1. The van der Waals surface area contributed by atoms with Crippen molar-refractivity contribution in [3.05, 3.63) is 53.3 Å². The van der Waals surface area contributed by atoms with Crippen molar-refractivity contribution in [2.45, 2.75) is 19.8 Å². The van der Waals surface area contributed by atoms with E-state index in [-0.39, 0.29) is 17.3 Å². The number of primary amides is 1. The van der Waals surface area contributed by atoms with E-state index in [0.717, 1.165) is 25.9 Å². The SMILES string of the molecule is Cc1cc(C(=O)Nc2ccccc2NC(=O)N2CCCC2)ncc1C(N)=O. The number of nitrogens with two attached hydrogens (primary N) is 1. The minimum atomic E-state index is -0.595. The minimum Gasteiger partial charge on any atom is -0.366 e. The zero-order chi connectivity index (χ0) is 19.4. The fourth-order valence-electron chi connectivity index (χ4n) is 2.94. The molecule has 140 valence electrons. The average Bonchev–Trinajstić information content (AvgIpc) is 3.17. The van der Waals surface area contributed by atoms with E-state index in [1.165, 1.54) is 12.3 Å². The summed E-state index contributed by atoms with van der Waals surface area (Å²) in [6.07, 6.45) is 3.28. The van der Waals surface area contributed by atoms with Gasteiger partial charge >= 0.3 is 6.03 Å². The molecule has 0 unspecified atom stereocenters. The number of amides is 4. The normalized spacial score (nSPS) is 13.3. The fraction of sp³-hybridized carbons (Fsp3) is 0.263. The van der Waals surface area contributed by atoms with Crippen LogP contribution in [0.5, 0.6) is 0 Å². The summed E-state index contributed by atoms with van der Waals surface area (Å²) in [5.41, 5.74) is 7.22. The summed E-state index contributed by atoms with van der Waals surface area (Å²) in [4.78, 5) is 41.9. The van der Waals surface area contributed by atoms with Crippen molar-refractivity contribution in [2.24, 2.45) is 5.73 Å². The van der Waals surface area contributed by atoms with Crippen LogP contribution in [0.25, 0.3) is 0 Å². The number of urea groups is 1. The summed E-state index contributed by atoms with van der Waals surface area (Å²) < 4.78 is 0. The summed E-state index contributed by atoms with van der Waals surface area (Å²) in [7, 11) is 0. The van der Waals surface area contributed by atoms with E-state index >= 15 is 0 Å². The van der Waals surface area contributed by atoms with Gasteiger partial charge in [-0.15, -0.1) is 0 Å². The highest BCUT2D eigenvalue weighted by molar-refractivity contribution is 6.06. The molecule has 1 saturated heterocycles. The summed E-state index contributed by atoms with van der Waals surface area (Å²) in [6.45, 7) is 3.15. The van der Waals surface area contributed by atoms with Gasteiger partial charge in [0, 0.05) is 19.3 Å². The third kappa shape index (κ3) is 4.22. The third-order valence-electron chi connectivity index (χ3n) is 4.42. The zero-order valence-electron chi connectivity index (χ0n) is 15.0. The van der Waals surface area contributed by atoms with Crippen LogP contribution in [0.1, 0.15) is 39.3 Å². The standard InChI is InChI=1S/C19H21N5O3/c1-12-10-16(21-11-13(12)17(20)25)18(26)22-14-6-2-3-7-15(14)23-19(27)24-8-4-5-9-24/h2-3,6-7,10-11H,4-5,8-9H2,1H3,(H2,20,25)(H,22,26)(H,23,27). The number of nitrogens with zero attached hydrogens (tertiary/aromatic N) is 2. The van der Waals surface area contributed by atoms with Gasteiger partial charge < -0.3 is 21.3 Å². The van der Waals surface area contributed by atoms with Crippen LogP contribution in [-0.2, 0) is 0 Å². The van der Waals surface area contributed by atoms with E-state index in [2.05, 4.69) is 15.6 Å². The number of pyridine rings is 1. The highest BCUT2D eigenvalue weighted by Crippen LogP contribution is 2.23. The quantitative estimate of drug-likeness (QED) is 0.769. The third-order valence-corrected chi connectivity index (χ3v) is 4.42. The van der Waals surface area contributed by atoms with E-state index in [4.69, 9.17) is 5.73 Å². The Morgan fingerprint density at radius 2 is 1.70 bits per heavy atom. The largest absolute Gasteiger partial charge is 0.366 e. The topological polar surface area (TPSA) is 117 Å². The number of rotatable bonds is 4. The molecule has 27 heavy (non-hydrogen) atoms. The second kappa shape index (κ2) is 7.86. The molecule has 4 amide bonds. The van der Waals surface area contributed by atoms with Crippen molar-refractivity contribution in [1.82, 2.24) is 9.88 Å². The van der Waals surface area contributed by atoms with Gasteiger partial charge in [0.2, 0.25) is 0 Å². The second-order valence-corrected chi connectivity index (χ2v) is 6.37. The van der Waals surface area contributed by atoms with E-state index < -0.39 is 11.8 Å². The Morgan fingerprint density at radius 3 is 2.30 bits per heavy atom. The Morgan fingerprint density at radius 1 is 1.07 bits per heavy atom. The molecule has 2 heterocycles. The summed E-state index contributed by atoms with van der Waals surface area (Å²) >= 11 is 0. The van der Waals surface area contributed by atoms with Crippen molar-refractivity contribution in [3.8, 4) is 0 Å². The molecule has 0 radical (unpaired) electrons. The van der Waals surface area contributed by atoms with Gasteiger partial charge in [0.15, 0.2) is 0 Å². The first-order valence-electron chi connectivity index (χ1n) is 8.68. The molecular weight excluding hydrogens is 346 g/mol. The monoisotopic (exact) mass is 367 g/mol. The molecule has 1 aromatic heterocycles. The van der Waals surface area contributed by atoms with Gasteiger partial charge in [0.25, 0.3) is 11.8 Å². The van der Waals surface area contributed by atoms with Crippen LogP contribution in [0.4, 0.5) is 16.2 Å². The first kappa shape index (κ1) is 18.4. The average molecular weight is 367 g/mol. The molecule has 0 bridgehead atoms. The predicted octanol–water partition coefficient (Wildman–Crippen LogP) is 2.37. The van der Waals surface area contributed by atoms with Crippen LogP contribution < -0.4 is 16.4 Å². The summed E-state index contributed by atoms with van der Waals surface area (Å²) in [6, 6.07) is 8.27. The molecule has 1 aliphatic heterocycles. The Bertz CT molecular complexity index is 891. The van der Waals surface area contributed by atoms with Crippen molar-refractivity contribution >= 4 is 29.2 Å².